The van der Waals surface area contributed by atoms with Gasteiger partial charge >= 0.3 is 0 Å². The number of thioether (sulfide) groups is 2. The summed E-state index contributed by atoms with van der Waals surface area (Å²) in [4.78, 5) is 25.8. The van der Waals surface area contributed by atoms with Gasteiger partial charge in [-0.25, -0.2) is 0 Å². The Morgan fingerprint density at radius 1 is 0.852 bits per heavy atom. The van der Waals surface area contributed by atoms with Gasteiger partial charge in [0.25, 0.3) is 0 Å². The number of Topliss-reactive ketones (excluding diaryl/α,β-unsaturated/α-hetero) is 2. The molecule has 1 aliphatic carbocycles. The Morgan fingerprint density at radius 3 is 2.26 bits per heavy atom. The minimum Gasteiger partial charge on any atom is -0.294 e. The Bertz CT molecular complexity index is 837. The van der Waals surface area contributed by atoms with Crippen molar-refractivity contribution in [2.45, 2.75) is 65.7 Å². The Hall–Kier alpha value is -1.26. The van der Waals surface area contributed by atoms with Gasteiger partial charge < -0.3 is 0 Å². The number of benzene rings is 1. The van der Waals surface area contributed by atoms with Crippen LogP contribution in [0.3, 0.4) is 0 Å². The number of rotatable bonds is 0. The van der Waals surface area contributed by atoms with Crippen LogP contribution in [0.2, 0.25) is 0 Å². The van der Waals surface area contributed by atoms with Gasteiger partial charge in [-0.05, 0) is 68.2 Å². The van der Waals surface area contributed by atoms with Crippen LogP contribution >= 0.6 is 23.5 Å². The van der Waals surface area contributed by atoms with Gasteiger partial charge in [0.1, 0.15) is 0 Å². The summed E-state index contributed by atoms with van der Waals surface area (Å²) < 4.78 is 0. The lowest BCUT2D eigenvalue weighted by atomic mass is 9.89. The van der Waals surface area contributed by atoms with Crippen molar-refractivity contribution >= 4 is 35.1 Å². The lowest BCUT2D eigenvalue weighted by Crippen LogP contribution is -2.16. The van der Waals surface area contributed by atoms with E-state index in [0.29, 0.717) is 18.0 Å². The van der Waals surface area contributed by atoms with Crippen molar-refractivity contribution in [3.8, 4) is 0 Å². The summed E-state index contributed by atoms with van der Waals surface area (Å²) in [6, 6.07) is 4.17. The highest BCUT2D eigenvalue weighted by molar-refractivity contribution is 8.03. The first-order valence-electron chi connectivity index (χ1n) is 9.22. The van der Waals surface area contributed by atoms with Gasteiger partial charge in [-0.3, -0.25) is 9.59 Å². The maximum absolute atomic E-state index is 11.7. The maximum atomic E-state index is 11.7. The summed E-state index contributed by atoms with van der Waals surface area (Å²) in [6.07, 6.45) is 3.66. The fourth-order valence-corrected chi connectivity index (χ4v) is 5.85. The van der Waals surface area contributed by atoms with Crippen LogP contribution in [0.5, 0.6) is 0 Å². The van der Waals surface area contributed by atoms with Gasteiger partial charge in [-0.2, -0.15) is 0 Å². The van der Waals surface area contributed by atoms with Gasteiger partial charge in [0.15, 0.2) is 11.6 Å². The molecule has 2 nitrogen and oxygen atoms in total. The first kappa shape index (κ1) is 22.0. The van der Waals surface area contributed by atoms with Crippen molar-refractivity contribution in [3.05, 3.63) is 50.4 Å². The molecule has 0 atom stereocenters. The molecule has 0 N–H and O–H groups in total. The Labute approximate surface area is 173 Å². The average molecular weight is 405 g/mol. The van der Waals surface area contributed by atoms with Crippen LogP contribution in [0.4, 0.5) is 0 Å². The van der Waals surface area contributed by atoms with Gasteiger partial charge in [-0.15, -0.1) is 23.5 Å². The summed E-state index contributed by atoms with van der Waals surface area (Å²) in [5.74, 6) is 2.61. The van der Waals surface area contributed by atoms with E-state index in [1.807, 2.05) is 18.7 Å². The molecule has 0 fully saturated rings. The molecule has 0 saturated heterocycles. The zero-order valence-electron chi connectivity index (χ0n) is 16.0. The van der Waals surface area contributed by atoms with Crippen molar-refractivity contribution < 1.29 is 11.0 Å². The summed E-state index contributed by atoms with van der Waals surface area (Å²) in [5, 5.41) is 0. The van der Waals surface area contributed by atoms with E-state index < -0.39 is 0 Å². The molecule has 148 valence electrons. The number of aryl methyl sites for hydroxylation is 1. The van der Waals surface area contributed by atoms with Crippen LogP contribution in [-0.4, -0.2) is 23.1 Å². The number of carbonyl (C=O) groups excluding carboxylic acids is 2. The molecular formula is C23H32O2S2. The first-order valence-corrected chi connectivity index (χ1v) is 11.2. The topological polar surface area (TPSA) is 34.1 Å². The molecule has 4 rings (SSSR count). The number of fused-ring (bicyclic) bond motifs is 1. The Balaban J connectivity index is 0.000000261. The average Bonchev–Trinajstić information content (AvgIpc) is 2.62. The smallest absolute Gasteiger partial charge is 0.165 e. The third kappa shape index (κ3) is 4.60. The molecule has 1 aromatic carbocycles. The van der Waals surface area contributed by atoms with Crippen molar-refractivity contribution in [1.29, 1.82) is 0 Å². The fraction of sp³-hybridized carbons (Fsp3) is 0.478. The minimum absolute atomic E-state index is 0. The minimum atomic E-state index is 0. The standard InChI is InChI=1S/C11H14OS.C11H12OS.CH4.H2/c2*1-7-3-4-10-11(8(7)2)9(12)5-6-13-10;;/h3-6H2,1-2H3;3-4H,5-6H2,1-2H3;1H4;1H. The molecule has 0 aromatic heterocycles. The number of ketones is 2. The molecular weight excluding hydrogens is 372 g/mol. The Morgan fingerprint density at radius 2 is 1.52 bits per heavy atom. The van der Waals surface area contributed by atoms with Crippen LogP contribution in [-0.2, 0) is 4.79 Å². The molecule has 1 aromatic rings. The zero-order valence-corrected chi connectivity index (χ0v) is 17.7. The predicted octanol–water partition coefficient (Wildman–Crippen LogP) is 6.94. The third-order valence-electron chi connectivity index (χ3n) is 5.47. The highest BCUT2D eigenvalue weighted by Gasteiger charge is 2.25. The molecule has 0 amide bonds. The first-order chi connectivity index (χ1) is 12.4. The molecule has 0 bridgehead atoms. The van der Waals surface area contributed by atoms with Crippen LogP contribution in [0, 0.1) is 13.8 Å². The second-order valence-corrected chi connectivity index (χ2v) is 9.45. The maximum Gasteiger partial charge on any atom is 0.165 e. The lowest BCUT2D eigenvalue weighted by molar-refractivity contribution is -0.115. The monoisotopic (exact) mass is 404 g/mol. The number of allylic oxidation sites excluding steroid dienone is 4. The van der Waals surface area contributed by atoms with E-state index in [2.05, 4.69) is 32.9 Å². The molecule has 2 aliphatic heterocycles. The number of hydrogen-bond acceptors (Lipinski definition) is 4. The summed E-state index contributed by atoms with van der Waals surface area (Å²) >= 11 is 3.68. The molecule has 0 unspecified atom stereocenters. The van der Waals surface area contributed by atoms with E-state index in [9.17, 15) is 9.59 Å². The van der Waals surface area contributed by atoms with Crippen molar-refractivity contribution in [2.75, 3.05) is 11.5 Å². The molecule has 27 heavy (non-hydrogen) atoms. The van der Waals surface area contributed by atoms with Gasteiger partial charge in [0.05, 0.1) is 0 Å². The van der Waals surface area contributed by atoms with Crippen molar-refractivity contribution in [1.82, 2.24) is 0 Å². The summed E-state index contributed by atoms with van der Waals surface area (Å²) in [5.41, 5.74) is 7.05. The molecule has 0 spiro atoms. The van der Waals surface area contributed by atoms with E-state index in [-0.39, 0.29) is 8.85 Å². The third-order valence-corrected chi connectivity index (χ3v) is 7.69. The highest BCUT2D eigenvalue weighted by Crippen LogP contribution is 2.40. The second-order valence-electron chi connectivity index (χ2n) is 7.13. The van der Waals surface area contributed by atoms with Crippen molar-refractivity contribution in [3.63, 3.8) is 0 Å². The quantitative estimate of drug-likeness (QED) is 0.469. The van der Waals surface area contributed by atoms with Gasteiger partial charge in [0, 0.05) is 41.8 Å². The van der Waals surface area contributed by atoms with Gasteiger partial charge in [0.2, 0.25) is 0 Å². The highest BCUT2D eigenvalue weighted by atomic mass is 32.2. The summed E-state index contributed by atoms with van der Waals surface area (Å²) in [6.45, 7) is 8.33. The SMILES string of the molecule is C.CC1=C(C)C2=C(CC1)SCCC2=O.Cc1ccc2c(c1C)C(=O)CCS2.[HH]. The second kappa shape index (κ2) is 9.29. The van der Waals surface area contributed by atoms with E-state index in [1.165, 1.54) is 26.5 Å². The number of carbonyl (C=O) groups is 2. The van der Waals surface area contributed by atoms with Crippen LogP contribution < -0.4 is 0 Å². The van der Waals surface area contributed by atoms with E-state index in [4.69, 9.17) is 0 Å². The fourth-order valence-electron chi connectivity index (χ4n) is 3.57. The van der Waals surface area contributed by atoms with E-state index in [1.54, 1.807) is 11.8 Å². The molecule has 4 heteroatoms. The predicted molar refractivity (Wildman–Crippen MR) is 121 cm³/mol. The van der Waals surface area contributed by atoms with E-state index >= 15 is 0 Å². The number of hydrogen-bond donors (Lipinski definition) is 0. The van der Waals surface area contributed by atoms with Gasteiger partial charge in [-0.1, -0.05) is 19.1 Å². The van der Waals surface area contributed by atoms with Crippen molar-refractivity contribution in [2.24, 2.45) is 0 Å². The van der Waals surface area contributed by atoms with Crippen LogP contribution in [0.15, 0.2) is 38.7 Å². The van der Waals surface area contributed by atoms with E-state index in [0.717, 1.165) is 47.5 Å². The van der Waals surface area contributed by atoms with Crippen LogP contribution in [0.1, 0.15) is 69.9 Å². The molecule has 0 radical (unpaired) electrons. The zero-order chi connectivity index (χ0) is 18.8. The molecule has 3 aliphatic rings. The molecule has 2 heterocycles. The normalized spacial score (nSPS) is 19.0. The lowest BCUT2D eigenvalue weighted by Gasteiger charge is -2.25. The molecule has 0 saturated carbocycles. The van der Waals surface area contributed by atoms with Crippen LogP contribution in [0.25, 0.3) is 0 Å². The Kier molecular flexibility index (Phi) is 7.58. The largest absolute Gasteiger partial charge is 0.294 e. The summed E-state index contributed by atoms with van der Waals surface area (Å²) in [7, 11) is 0.